The van der Waals surface area contributed by atoms with Crippen LogP contribution in [0.2, 0.25) is 5.02 Å². The molecule has 0 fully saturated rings. The number of carboxylic acid groups (broad SMARTS) is 1. The molecular formula is C11H14BrClO2S. The molecule has 0 radical (unpaired) electrons. The van der Waals surface area contributed by atoms with E-state index in [0.717, 1.165) is 21.7 Å². The molecule has 0 aromatic carbocycles. The van der Waals surface area contributed by atoms with E-state index in [9.17, 15) is 4.79 Å². The maximum absolute atomic E-state index is 10.7. The minimum Gasteiger partial charge on any atom is -0.481 e. The summed E-state index contributed by atoms with van der Waals surface area (Å²) in [6, 6.07) is 1.94. The molecule has 0 bridgehead atoms. The lowest BCUT2D eigenvalue weighted by molar-refractivity contribution is -0.139. The fourth-order valence-electron chi connectivity index (χ4n) is 1.47. The minimum absolute atomic E-state index is 0.172. The van der Waals surface area contributed by atoms with Crippen LogP contribution in [0.3, 0.4) is 0 Å². The van der Waals surface area contributed by atoms with Crippen molar-refractivity contribution in [3.05, 3.63) is 19.8 Å². The molecule has 1 aromatic heterocycles. The van der Waals surface area contributed by atoms with Gasteiger partial charge >= 0.3 is 5.97 Å². The van der Waals surface area contributed by atoms with Crippen molar-refractivity contribution in [1.82, 2.24) is 0 Å². The highest BCUT2D eigenvalue weighted by Crippen LogP contribution is 2.35. The Morgan fingerprint density at radius 3 is 2.69 bits per heavy atom. The average molecular weight is 326 g/mol. The second kappa shape index (κ2) is 5.52. The maximum atomic E-state index is 10.7. The van der Waals surface area contributed by atoms with Gasteiger partial charge in [0, 0.05) is 4.88 Å². The molecule has 0 aliphatic heterocycles. The summed E-state index contributed by atoms with van der Waals surface area (Å²) in [6.07, 6.45) is 1.92. The zero-order valence-corrected chi connectivity index (χ0v) is 12.4. The average Bonchev–Trinajstić information content (AvgIpc) is 2.41. The van der Waals surface area contributed by atoms with Crippen molar-refractivity contribution < 1.29 is 9.90 Å². The Hall–Kier alpha value is -0.0600. The first-order chi connectivity index (χ1) is 7.30. The molecule has 0 aliphatic carbocycles. The topological polar surface area (TPSA) is 37.3 Å². The molecule has 0 saturated heterocycles. The Bertz CT molecular complexity index is 368. The van der Waals surface area contributed by atoms with Crippen LogP contribution in [0.5, 0.6) is 0 Å². The van der Waals surface area contributed by atoms with Gasteiger partial charge in [0.1, 0.15) is 0 Å². The van der Waals surface area contributed by atoms with E-state index in [1.165, 1.54) is 4.88 Å². The van der Waals surface area contributed by atoms with Gasteiger partial charge in [-0.3, -0.25) is 4.79 Å². The monoisotopic (exact) mass is 324 g/mol. The molecule has 1 rings (SSSR count). The third kappa shape index (κ3) is 4.44. The SMILES string of the molecule is CC(C)(CCc1cc(Cl)c(Br)s1)CC(=O)O. The summed E-state index contributed by atoms with van der Waals surface area (Å²) in [6.45, 7) is 3.96. The molecule has 0 amide bonds. The Morgan fingerprint density at radius 1 is 1.62 bits per heavy atom. The van der Waals surface area contributed by atoms with E-state index >= 15 is 0 Å². The van der Waals surface area contributed by atoms with Crippen molar-refractivity contribution in [2.24, 2.45) is 5.41 Å². The number of hydrogen-bond donors (Lipinski definition) is 1. The Kier molecular flexibility index (Phi) is 4.83. The molecule has 0 unspecified atom stereocenters. The van der Waals surface area contributed by atoms with Gasteiger partial charge in [-0.15, -0.1) is 11.3 Å². The summed E-state index contributed by atoms with van der Waals surface area (Å²) in [5.74, 6) is -0.740. The summed E-state index contributed by atoms with van der Waals surface area (Å²) in [4.78, 5) is 11.8. The first-order valence-electron chi connectivity index (χ1n) is 4.96. The quantitative estimate of drug-likeness (QED) is 0.859. The standard InChI is InChI=1S/C11H14BrClO2S/c1-11(2,6-9(14)15)4-3-7-5-8(13)10(12)16-7/h5H,3-4,6H2,1-2H3,(H,14,15). The van der Waals surface area contributed by atoms with Gasteiger partial charge < -0.3 is 5.11 Å². The number of halogens is 2. The van der Waals surface area contributed by atoms with Crippen molar-refractivity contribution in [2.45, 2.75) is 33.1 Å². The van der Waals surface area contributed by atoms with E-state index < -0.39 is 5.97 Å². The number of carbonyl (C=O) groups is 1. The molecule has 0 atom stereocenters. The largest absolute Gasteiger partial charge is 0.481 e. The van der Waals surface area contributed by atoms with Gasteiger partial charge in [-0.05, 0) is 40.3 Å². The van der Waals surface area contributed by atoms with Crippen LogP contribution in [0.1, 0.15) is 31.6 Å². The summed E-state index contributed by atoms with van der Waals surface area (Å²) in [5, 5.41) is 9.50. The first-order valence-corrected chi connectivity index (χ1v) is 6.94. The summed E-state index contributed by atoms with van der Waals surface area (Å²) in [7, 11) is 0. The van der Waals surface area contributed by atoms with E-state index in [2.05, 4.69) is 15.9 Å². The van der Waals surface area contributed by atoms with Crippen LogP contribution in [0.15, 0.2) is 9.85 Å². The molecule has 16 heavy (non-hydrogen) atoms. The van der Waals surface area contributed by atoms with Gasteiger partial charge in [0.15, 0.2) is 0 Å². The molecule has 0 aliphatic rings. The minimum atomic E-state index is -0.740. The molecular weight excluding hydrogens is 312 g/mol. The fraction of sp³-hybridized carbons (Fsp3) is 0.545. The predicted octanol–water partition coefficient (Wildman–Crippen LogP) is 4.60. The molecule has 1 N–H and O–H groups in total. The van der Waals surface area contributed by atoms with Gasteiger partial charge in [-0.2, -0.15) is 0 Å². The third-order valence-corrected chi connectivity index (χ3v) is 4.91. The van der Waals surface area contributed by atoms with Gasteiger partial charge in [0.25, 0.3) is 0 Å². The predicted molar refractivity (Wildman–Crippen MR) is 71.4 cm³/mol. The smallest absolute Gasteiger partial charge is 0.303 e. The number of carboxylic acids is 1. The van der Waals surface area contributed by atoms with Gasteiger partial charge in [0.2, 0.25) is 0 Å². The fourth-order valence-corrected chi connectivity index (χ4v) is 3.29. The van der Waals surface area contributed by atoms with Gasteiger partial charge in [-0.1, -0.05) is 25.4 Å². The molecule has 0 saturated carbocycles. The van der Waals surface area contributed by atoms with Crippen LogP contribution >= 0.6 is 38.9 Å². The number of aliphatic carboxylic acids is 1. The first kappa shape index (κ1) is 14.0. The van der Waals surface area contributed by atoms with Crippen molar-refractivity contribution in [3.63, 3.8) is 0 Å². The van der Waals surface area contributed by atoms with Gasteiger partial charge in [0.05, 0.1) is 15.2 Å². The maximum Gasteiger partial charge on any atom is 0.303 e. The summed E-state index contributed by atoms with van der Waals surface area (Å²) in [5.41, 5.74) is -0.172. The molecule has 5 heteroatoms. The lowest BCUT2D eigenvalue weighted by atomic mass is 9.84. The number of hydrogen-bond acceptors (Lipinski definition) is 2. The van der Waals surface area contributed by atoms with Crippen LogP contribution in [-0.4, -0.2) is 11.1 Å². The van der Waals surface area contributed by atoms with Crippen molar-refractivity contribution in [1.29, 1.82) is 0 Å². The van der Waals surface area contributed by atoms with Crippen LogP contribution in [-0.2, 0) is 11.2 Å². The van der Waals surface area contributed by atoms with Crippen LogP contribution in [0.25, 0.3) is 0 Å². The second-order valence-electron chi connectivity index (χ2n) is 4.57. The normalized spacial score (nSPS) is 11.8. The van der Waals surface area contributed by atoms with E-state index in [0.29, 0.717) is 0 Å². The molecule has 1 aromatic rings. The van der Waals surface area contributed by atoms with E-state index in [-0.39, 0.29) is 11.8 Å². The number of aryl methyl sites for hydroxylation is 1. The zero-order chi connectivity index (χ0) is 12.3. The molecule has 1 heterocycles. The highest BCUT2D eigenvalue weighted by molar-refractivity contribution is 9.11. The van der Waals surface area contributed by atoms with E-state index in [4.69, 9.17) is 16.7 Å². The Labute approximate surface area is 113 Å². The highest BCUT2D eigenvalue weighted by Gasteiger charge is 2.21. The second-order valence-corrected chi connectivity index (χ2v) is 7.43. The van der Waals surface area contributed by atoms with Crippen molar-refractivity contribution in [3.8, 4) is 0 Å². The number of thiophene rings is 1. The molecule has 2 nitrogen and oxygen atoms in total. The van der Waals surface area contributed by atoms with Crippen LogP contribution < -0.4 is 0 Å². The summed E-state index contributed by atoms with van der Waals surface area (Å²) >= 11 is 10.9. The number of rotatable bonds is 5. The molecule has 90 valence electrons. The van der Waals surface area contributed by atoms with E-state index in [1.54, 1.807) is 11.3 Å². The van der Waals surface area contributed by atoms with Crippen molar-refractivity contribution in [2.75, 3.05) is 0 Å². The van der Waals surface area contributed by atoms with Crippen molar-refractivity contribution >= 4 is 44.8 Å². The third-order valence-electron chi connectivity index (χ3n) is 2.37. The highest BCUT2D eigenvalue weighted by atomic mass is 79.9. The van der Waals surface area contributed by atoms with Gasteiger partial charge in [-0.25, -0.2) is 0 Å². The van der Waals surface area contributed by atoms with E-state index in [1.807, 2.05) is 19.9 Å². The summed E-state index contributed by atoms with van der Waals surface area (Å²) < 4.78 is 0.945. The Morgan fingerprint density at radius 2 is 2.25 bits per heavy atom. The van der Waals surface area contributed by atoms with Crippen LogP contribution in [0, 0.1) is 5.41 Å². The lowest BCUT2D eigenvalue weighted by Gasteiger charge is -2.21. The Balaban J connectivity index is 2.53. The molecule has 0 spiro atoms. The lowest BCUT2D eigenvalue weighted by Crippen LogP contribution is -2.17. The zero-order valence-electron chi connectivity index (χ0n) is 9.22. The van der Waals surface area contributed by atoms with Crippen LogP contribution in [0.4, 0.5) is 0 Å².